The van der Waals surface area contributed by atoms with E-state index in [9.17, 15) is 0 Å². The van der Waals surface area contributed by atoms with Crippen LogP contribution >= 0.6 is 23.2 Å². The van der Waals surface area contributed by atoms with Gasteiger partial charge in [-0.15, -0.1) is 0 Å². The Hall–Kier alpha value is -2.60. The Morgan fingerprint density at radius 3 is 2.56 bits per heavy atom. The normalized spacial score (nSPS) is 11.1. The zero-order valence-corrected chi connectivity index (χ0v) is 15.8. The maximum absolute atomic E-state index is 6.11. The minimum Gasteiger partial charge on any atom is -0.383 e. The second-order valence-corrected chi connectivity index (χ2v) is 6.88. The molecule has 5 nitrogen and oxygen atoms in total. The number of hydrogen-bond acceptors (Lipinski definition) is 5. The summed E-state index contributed by atoms with van der Waals surface area (Å²) in [6, 6.07) is 15.3. The van der Waals surface area contributed by atoms with E-state index in [0.29, 0.717) is 28.8 Å². The van der Waals surface area contributed by atoms with Crippen LogP contribution in [0.1, 0.15) is 0 Å². The van der Waals surface area contributed by atoms with E-state index in [4.69, 9.17) is 28.9 Å². The number of anilines is 3. The van der Waals surface area contributed by atoms with Crippen LogP contribution in [0.2, 0.25) is 10.0 Å². The van der Waals surface area contributed by atoms with Crippen LogP contribution < -0.4 is 16.4 Å². The molecule has 0 atom stereocenters. The predicted molar refractivity (Wildman–Crippen MR) is 114 cm³/mol. The van der Waals surface area contributed by atoms with Crippen LogP contribution in [0.15, 0.2) is 54.7 Å². The van der Waals surface area contributed by atoms with Crippen LogP contribution in [0.4, 0.5) is 17.1 Å². The zero-order chi connectivity index (χ0) is 18.8. The number of fused-ring (bicyclic) bond motifs is 2. The molecule has 7 heteroatoms. The van der Waals surface area contributed by atoms with Gasteiger partial charge < -0.3 is 16.4 Å². The van der Waals surface area contributed by atoms with Crippen molar-refractivity contribution in [1.29, 1.82) is 0 Å². The van der Waals surface area contributed by atoms with Crippen molar-refractivity contribution in [2.45, 2.75) is 0 Å². The van der Waals surface area contributed by atoms with Gasteiger partial charge >= 0.3 is 0 Å². The molecule has 0 aliphatic heterocycles. The van der Waals surface area contributed by atoms with E-state index in [1.54, 1.807) is 18.3 Å². The first-order valence-corrected chi connectivity index (χ1v) is 9.26. The fraction of sp³-hybridized carbons (Fsp3) is 0.100. The summed E-state index contributed by atoms with van der Waals surface area (Å²) < 4.78 is 0. The van der Waals surface area contributed by atoms with Gasteiger partial charge in [0.1, 0.15) is 0 Å². The molecule has 0 fully saturated rings. The molecule has 0 radical (unpaired) electrons. The van der Waals surface area contributed by atoms with Crippen LogP contribution in [0.3, 0.4) is 0 Å². The second-order valence-electron chi connectivity index (χ2n) is 6.06. The average Bonchev–Trinajstić information content (AvgIpc) is 2.68. The largest absolute Gasteiger partial charge is 0.383 e. The van der Waals surface area contributed by atoms with Gasteiger partial charge in [0.25, 0.3) is 0 Å². The van der Waals surface area contributed by atoms with Crippen molar-refractivity contribution < 1.29 is 0 Å². The SMILES string of the molecule is NCCNc1c2cc(Nc3ccc(Cl)c(Cl)c3)ccc2nc2ncccc12. The molecule has 27 heavy (non-hydrogen) atoms. The minimum atomic E-state index is 0.506. The molecule has 136 valence electrons. The molecule has 0 bridgehead atoms. The number of halogens is 2. The van der Waals surface area contributed by atoms with Gasteiger partial charge in [-0.3, -0.25) is 0 Å². The molecule has 2 aromatic carbocycles. The van der Waals surface area contributed by atoms with Crippen LogP contribution in [-0.4, -0.2) is 23.1 Å². The molecule has 0 aliphatic carbocycles. The molecule has 0 spiro atoms. The molecule has 2 aromatic heterocycles. The van der Waals surface area contributed by atoms with E-state index in [-0.39, 0.29) is 0 Å². The van der Waals surface area contributed by atoms with Crippen molar-refractivity contribution in [2.24, 2.45) is 5.73 Å². The highest BCUT2D eigenvalue weighted by Crippen LogP contribution is 2.33. The highest BCUT2D eigenvalue weighted by Gasteiger charge is 2.10. The number of hydrogen-bond donors (Lipinski definition) is 3. The van der Waals surface area contributed by atoms with Crippen molar-refractivity contribution in [2.75, 3.05) is 23.7 Å². The first-order valence-electron chi connectivity index (χ1n) is 8.50. The summed E-state index contributed by atoms with van der Waals surface area (Å²) >= 11 is 12.1. The number of benzene rings is 2. The molecule has 0 amide bonds. The molecular formula is C20H17Cl2N5. The van der Waals surface area contributed by atoms with Gasteiger partial charge in [-0.25, -0.2) is 9.97 Å². The Morgan fingerprint density at radius 1 is 0.926 bits per heavy atom. The van der Waals surface area contributed by atoms with E-state index < -0.39 is 0 Å². The molecule has 4 N–H and O–H groups in total. The monoisotopic (exact) mass is 397 g/mol. The number of aromatic nitrogens is 2. The molecule has 4 aromatic rings. The zero-order valence-electron chi connectivity index (χ0n) is 14.3. The number of rotatable bonds is 5. The number of pyridine rings is 2. The first-order chi connectivity index (χ1) is 13.2. The summed E-state index contributed by atoms with van der Waals surface area (Å²) in [6.45, 7) is 1.19. The van der Waals surface area contributed by atoms with Gasteiger partial charge in [0.05, 0.1) is 21.2 Å². The van der Waals surface area contributed by atoms with Crippen molar-refractivity contribution >= 4 is 62.2 Å². The highest BCUT2D eigenvalue weighted by molar-refractivity contribution is 6.42. The third kappa shape index (κ3) is 3.62. The molecule has 0 saturated carbocycles. The molecule has 0 unspecified atom stereocenters. The Bertz CT molecular complexity index is 1130. The molecule has 2 heterocycles. The molecule has 0 aliphatic rings. The summed E-state index contributed by atoms with van der Waals surface area (Å²) in [4.78, 5) is 9.05. The smallest absolute Gasteiger partial charge is 0.161 e. The van der Waals surface area contributed by atoms with Gasteiger partial charge in [0.15, 0.2) is 5.65 Å². The molecule has 0 saturated heterocycles. The van der Waals surface area contributed by atoms with Crippen molar-refractivity contribution in [3.63, 3.8) is 0 Å². The van der Waals surface area contributed by atoms with E-state index >= 15 is 0 Å². The maximum Gasteiger partial charge on any atom is 0.161 e. The minimum absolute atomic E-state index is 0.506. The quantitative estimate of drug-likeness (QED) is 0.403. The van der Waals surface area contributed by atoms with Gasteiger partial charge in [-0.05, 0) is 48.5 Å². The number of nitrogens with one attached hydrogen (secondary N) is 2. The van der Waals surface area contributed by atoms with Crippen molar-refractivity contribution in [3.05, 3.63) is 64.8 Å². The lowest BCUT2D eigenvalue weighted by Gasteiger charge is -2.14. The van der Waals surface area contributed by atoms with Crippen molar-refractivity contribution in [1.82, 2.24) is 9.97 Å². The lowest BCUT2D eigenvalue weighted by molar-refractivity contribution is 1.03. The van der Waals surface area contributed by atoms with E-state index in [1.165, 1.54) is 0 Å². The standard InChI is InChI=1S/C20H17Cl2N5/c21-16-5-3-13(11-17(16)22)26-12-4-6-18-15(10-12)19(24-9-7-23)14-2-1-8-25-20(14)27-18/h1-6,8,10-11,26H,7,9,23H2,(H,24,25,27). The van der Waals surface area contributed by atoms with Gasteiger partial charge in [-0.1, -0.05) is 23.2 Å². The van der Waals surface area contributed by atoms with Gasteiger partial charge in [-0.2, -0.15) is 0 Å². The second kappa shape index (κ2) is 7.56. The number of nitrogens with zero attached hydrogens (tertiary/aromatic N) is 2. The third-order valence-electron chi connectivity index (χ3n) is 4.20. The van der Waals surface area contributed by atoms with E-state index in [1.807, 2.05) is 30.3 Å². The average molecular weight is 398 g/mol. The summed E-state index contributed by atoms with van der Waals surface area (Å²) in [5.41, 5.74) is 10.0. The van der Waals surface area contributed by atoms with Crippen molar-refractivity contribution in [3.8, 4) is 0 Å². The van der Waals surface area contributed by atoms with Crippen LogP contribution in [0.5, 0.6) is 0 Å². The summed E-state index contributed by atoms with van der Waals surface area (Å²) in [7, 11) is 0. The number of nitrogens with two attached hydrogens (primary N) is 1. The maximum atomic E-state index is 6.11. The third-order valence-corrected chi connectivity index (χ3v) is 4.94. The first kappa shape index (κ1) is 17.8. The van der Waals surface area contributed by atoms with E-state index in [2.05, 4.69) is 26.7 Å². The van der Waals surface area contributed by atoms with E-state index in [0.717, 1.165) is 33.4 Å². The Kier molecular flexibility index (Phi) is 4.99. The molecular weight excluding hydrogens is 381 g/mol. The van der Waals surface area contributed by atoms with Gasteiger partial charge in [0.2, 0.25) is 0 Å². The lowest BCUT2D eigenvalue weighted by atomic mass is 10.1. The van der Waals surface area contributed by atoms with Crippen LogP contribution in [0.25, 0.3) is 21.9 Å². The Balaban J connectivity index is 1.82. The molecule has 4 rings (SSSR count). The topological polar surface area (TPSA) is 75.9 Å². The van der Waals surface area contributed by atoms with Gasteiger partial charge in [0, 0.05) is 41.4 Å². The fourth-order valence-electron chi connectivity index (χ4n) is 2.98. The van der Waals surface area contributed by atoms with Crippen LogP contribution in [0, 0.1) is 0 Å². The predicted octanol–water partition coefficient (Wildman–Crippen LogP) is 5.20. The Labute approximate surface area is 166 Å². The Morgan fingerprint density at radius 2 is 1.74 bits per heavy atom. The fourth-order valence-corrected chi connectivity index (χ4v) is 3.28. The highest BCUT2D eigenvalue weighted by atomic mass is 35.5. The summed E-state index contributed by atoms with van der Waals surface area (Å²) in [5.74, 6) is 0. The lowest BCUT2D eigenvalue weighted by Crippen LogP contribution is -2.13. The van der Waals surface area contributed by atoms with Crippen LogP contribution in [-0.2, 0) is 0 Å². The summed E-state index contributed by atoms with van der Waals surface area (Å²) in [6.07, 6.45) is 1.74. The summed E-state index contributed by atoms with van der Waals surface area (Å²) in [5, 5.41) is 9.76.